The first-order chi connectivity index (χ1) is 5.42. The van der Waals surface area contributed by atoms with Gasteiger partial charge in [0.25, 0.3) is 5.82 Å². The standard InChI is InChI=1S/C6H3N5/c1-7-5-4-6(10-2-8-4)11-3-9-5/h2-3H,(H,8,9,10,11). The zero-order valence-corrected chi connectivity index (χ0v) is 5.44. The molecule has 0 aromatic carbocycles. The SMILES string of the molecule is [C-]#[N+]c1ncnc2nc[nH]c12. The van der Waals surface area contributed by atoms with Gasteiger partial charge in [0, 0.05) is 0 Å². The zero-order valence-electron chi connectivity index (χ0n) is 5.44. The average Bonchev–Trinajstić information content (AvgIpc) is 2.50. The van der Waals surface area contributed by atoms with Gasteiger partial charge in [0.15, 0.2) is 5.65 Å². The first-order valence-electron chi connectivity index (χ1n) is 2.93. The normalized spacial score (nSPS) is 9.73. The molecule has 2 aromatic rings. The van der Waals surface area contributed by atoms with Crippen LogP contribution in [0.1, 0.15) is 0 Å². The Morgan fingerprint density at radius 3 is 3.09 bits per heavy atom. The third kappa shape index (κ3) is 0.730. The van der Waals surface area contributed by atoms with Crippen LogP contribution in [0.25, 0.3) is 16.0 Å². The first-order valence-corrected chi connectivity index (χ1v) is 2.93. The molecule has 0 fully saturated rings. The maximum absolute atomic E-state index is 6.75. The predicted octanol–water partition coefficient (Wildman–Crippen LogP) is 0.904. The summed E-state index contributed by atoms with van der Waals surface area (Å²) >= 11 is 0. The van der Waals surface area contributed by atoms with Crippen molar-refractivity contribution < 1.29 is 0 Å². The molecule has 0 amide bonds. The van der Waals surface area contributed by atoms with Crippen LogP contribution in [0.3, 0.4) is 0 Å². The van der Waals surface area contributed by atoms with E-state index in [9.17, 15) is 0 Å². The smallest absolute Gasteiger partial charge is 0.298 e. The van der Waals surface area contributed by atoms with Crippen molar-refractivity contribution in [3.05, 3.63) is 24.1 Å². The van der Waals surface area contributed by atoms with Crippen molar-refractivity contribution in [1.29, 1.82) is 0 Å². The van der Waals surface area contributed by atoms with E-state index in [2.05, 4.69) is 24.8 Å². The van der Waals surface area contributed by atoms with Gasteiger partial charge >= 0.3 is 0 Å². The second-order valence-electron chi connectivity index (χ2n) is 1.91. The predicted molar refractivity (Wildman–Crippen MR) is 37.9 cm³/mol. The van der Waals surface area contributed by atoms with E-state index in [0.717, 1.165) is 0 Å². The number of aromatic amines is 1. The van der Waals surface area contributed by atoms with E-state index in [1.54, 1.807) is 0 Å². The van der Waals surface area contributed by atoms with Crippen LogP contribution in [0.5, 0.6) is 0 Å². The van der Waals surface area contributed by atoms with Crippen molar-refractivity contribution in [1.82, 2.24) is 19.9 Å². The van der Waals surface area contributed by atoms with Crippen LogP contribution in [0.2, 0.25) is 0 Å². The largest absolute Gasteiger partial charge is 0.359 e. The molecule has 2 aromatic heterocycles. The van der Waals surface area contributed by atoms with Gasteiger partial charge in [0.2, 0.25) is 6.33 Å². The summed E-state index contributed by atoms with van der Waals surface area (Å²) in [6.45, 7) is 6.75. The fraction of sp³-hybridized carbons (Fsp3) is 0. The summed E-state index contributed by atoms with van der Waals surface area (Å²) in [4.78, 5) is 17.5. The Balaban J connectivity index is 2.92. The van der Waals surface area contributed by atoms with Gasteiger partial charge in [-0.15, -0.1) is 4.98 Å². The summed E-state index contributed by atoms with van der Waals surface area (Å²) in [6.07, 6.45) is 2.82. The number of nitrogens with zero attached hydrogens (tertiary/aromatic N) is 4. The van der Waals surface area contributed by atoms with E-state index in [1.807, 2.05) is 0 Å². The lowest BCUT2D eigenvalue weighted by Crippen LogP contribution is -1.79. The molecule has 0 aliphatic carbocycles. The first kappa shape index (κ1) is 5.80. The Kier molecular flexibility index (Phi) is 1.07. The average molecular weight is 145 g/mol. The highest BCUT2D eigenvalue weighted by atomic mass is 15.0. The Hall–Kier alpha value is -1.96. The summed E-state index contributed by atoms with van der Waals surface area (Å²) in [7, 11) is 0. The lowest BCUT2D eigenvalue weighted by molar-refractivity contribution is 1.21. The summed E-state index contributed by atoms with van der Waals surface area (Å²) in [5.74, 6) is 0.313. The van der Waals surface area contributed by atoms with Crippen molar-refractivity contribution in [3.8, 4) is 0 Å². The van der Waals surface area contributed by atoms with Crippen LogP contribution in [0.4, 0.5) is 5.82 Å². The van der Waals surface area contributed by atoms with Gasteiger partial charge in [-0.05, 0) is 0 Å². The molecule has 0 saturated carbocycles. The van der Waals surface area contributed by atoms with E-state index in [-0.39, 0.29) is 0 Å². The van der Waals surface area contributed by atoms with Gasteiger partial charge in [-0.2, -0.15) is 4.98 Å². The molecule has 0 spiro atoms. The molecule has 0 atom stereocenters. The molecule has 0 radical (unpaired) electrons. The molecule has 0 aliphatic rings. The highest BCUT2D eigenvalue weighted by molar-refractivity contribution is 5.82. The van der Waals surface area contributed by atoms with Crippen LogP contribution < -0.4 is 0 Å². The topological polar surface area (TPSA) is 58.8 Å². The van der Waals surface area contributed by atoms with Crippen molar-refractivity contribution in [2.45, 2.75) is 0 Å². The number of aromatic nitrogens is 4. The molecule has 0 bridgehead atoms. The summed E-state index contributed by atoms with van der Waals surface area (Å²) < 4.78 is 0. The second-order valence-corrected chi connectivity index (χ2v) is 1.91. The number of rotatable bonds is 0. The van der Waals surface area contributed by atoms with E-state index in [0.29, 0.717) is 17.0 Å². The molecule has 0 saturated heterocycles. The van der Waals surface area contributed by atoms with Crippen LogP contribution in [0.15, 0.2) is 12.7 Å². The van der Waals surface area contributed by atoms with Crippen LogP contribution in [-0.2, 0) is 0 Å². The molecule has 52 valence electrons. The fourth-order valence-corrected chi connectivity index (χ4v) is 0.837. The Morgan fingerprint density at radius 2 is 2.27 bits per heavy atom. The van der Waals surface area contributed by atoms with Gasteiger partial charge in [-0.3, -0.25) is 0 Å². The maximum Gasteiger partial charge on any atom is 0.298 e. The molecule has 11 heavy (non-hydrogen) atoms. The van der Waals surface area contributed by atoms with Gasteiger partial charge in [0.05, 0.1) is 6.33 Å². The molecule has 2 rings (SSSR count). The molecule has 2 heterocycles. The minimum atomic E-state index is 0.313. The van der Waals surface area contributed by atoms with Crippen molar-refractivity contribution >= 4 is 17.0 Å². The summed E-state index contributed by atoms with van der Waals surface area (Å²) in [5, 5.41) is 0. The monoisotopic (exact) mass is 145 g/mol. The fourth-order valence-electron chi connectivity index (χ4n) is 0.837. The van der Waals surface area contributed by atoms with Crippen molar-refractivity contribution in [2.75, 3.05) is 0 Å². The Morgan fingerprint density at radius 1 is 1.36 bits per heavy atom. The number of nitrogens with one attached hydrogen (secondary N) is 1. The van der Waals surface area contributed by atoms with E-state index in [1.165, 1.54) is 12.7 Å². The minimum absolute atomic E-state index is 0.313. The van der Waals surface area contributed by atoms with E-state index < -0.39 is 0 Å². The molecule has 1 N–H and O–H groups in total. The number of hydrogen-bond acceptors (Lipinski definition) is 3. The molecular weight excluding hydrogens is 142 g/mol. The zero-order chi connectivity index (χ0) is 7.68. The van der Waals surface area contributed by atoms with Crippen molar-refractivity contribution in [2.24, 2.45) is 0 Å². The number of hydrogen-bond donors (Lipinski definition) is 1. The summed E-state index contributed by atoms with van der Waals surface area (Å²) in [6, 6.07) is 0. The lowest BCUT2D eigenvalue weighted by Gasteiger charge is -1.86. The number of fused-ring (bicyclic) bond motifs is 1. The van der Waals surface area contributed by atoms with Gasteiger partial charge < -0.3 is 9.83 Å². The molecule has 0 unspecified atom stereocenters. The quantitative estimate of drug-likeness (QED) is 0.560. The van der Waals surface area contributed by atoms with Crippen molar-refractivity contribution in [3.63, 3.8) is 0 Å². The third-order valence-corrected chi connectivity index (χ3v) is 1.31. The Labute approximate surface area is 61.9 Å². The van der Waals surface area contributed by atoms with Gasteiger partial charge in [-0.1, -0.05) is 6.57 Å². The van der Waals surface area contributed by atoms with Gasteiger partial charge in [0.1, 0.15) is 5.52 Å². The highest BCUT2D eigenvalue weighted by Gasteiger charge is 2.03. The summed E-state index contributed by atoms with van der Waals surface area (Å²) in [5.41, 5.74) is 1.13. The molecule has 5 nitrogen and oxygen atoms in total. The highest BCUT2D eigenvalue weighted by Crippen LogP contribution is 2.16. The van der Waals surface area contributed by atoms with Crippen LogP contribution >= 0.6 is 0 Å². The second kappa shape index (κ2) is 2.02. The maximum atomic E-state index is 6.75. The molecule has 0 aliphatic heterocycles. The minimum Gasteiger partial charge on any atom is -0.359 e. The third-order valence-electron chi connectivity index (χ3n) is 1.31. The lowest BCUT2D eigenvalue weighted by atomic mass is 10.5. The van der Waals surface area contributed by atoms with Crippen LogP contribution in [0, 0.1) is 6.57 Å². The van der Waals surface area contributed by atoms with Crippen LogP contribution in [-0.4, -0.2) is 19.9 Å². The Bertz CT molecular complexity index is 424. The molecular formula is C6H3N5. The van der Waals surface area contributed by atoms with E-state index >= 15 is 0 Å². The number of H-pyrrole nitrogens is 1. The number of imidazole rings is 1. The van der Waals surface area contributed by atoms with Gasteiger partial charge in [-0.25, -0.2) is 4.98 Å². The van der Waals surface area contributed by atoms with E-state index in [4.69, 9.17) is 6.57 Å². The molecule has 5 heteroatoms.